The maximum Gasteiger partial charge on any atom is 0.344 e. The molecule has 2 aliphatic rings. The van der Waals surface area contributed by atoms with Crippen LogP contribution < -0.4 is 10.2 Å². The molecule has 6 nitrogen and oxygen atoms in total. The van der Waals surface area contributed by atoms with E-state index in [-0.39, 0.29) is 12.3 Å². The summed E-state index contributed by atoms with van der Waals surface area (Å²) in [7, 11) is 0. The van der Waals surface area contributed by atoms with E-state index in [1.54, 1.807) is 18.2 Å². The van der Waals surface area contributed by atoms with E-state index in [2.05, 4.69) is 5.32 Å². The Morgan fingerprint density at radius 1 is 1.24 bits per heavy atom. The summed E-state index contributed by atoms with van der Waals surface area (Å²) >= 11 is 13.3. The van der Waals surface area contributed by atoms with Crippen LogP contribution in [-0.2, 0) is 19.1 Å². The molecule has 1 fully saturated rings. The van der Waals surface area contributed by atoms with Gasteiger partial charge in [-0.1, -0.05) is 47.1 Å². The van der Waals surface area contributed by atoms with Crippen LogP contribution in [0.2, 0.25) is 10.0 Å². The number of nitrogens with one attached hydrogen (secondary N) is 1. The summed E-state index contributed by atoms with van der Waals surface area (Å²) in [5.41, 5.74) is 1.02. The van der Waals surface area contributed by atoms with Crippen molar-refractivity contribution < 1.29 is 19.1 Å². The van der Waals surface area contributed by atoms with Gasteiger partial charge in [0.1, 0.15) is 0 Å². The van der Waals surface area contributed by atoms with Gasteiger partial charge in [-0.3, -0.25) is 14.5 Å². The van der Waals surface area contributed by atoms with Gasteiger partial charge in [-0.15, -0.1) is 0 Å². The van der Waals surface area contributed by atoms with Crippen molar-refractivity contribution in [3.8, 4) is 0 Å². The number of carbonyl (C=O) groups is 3. The number of hydrogen-bond donors (Lipinski definition) is 1. The number of carbonyl (C=O) groups excluding carboxylic acids is 3. The highest BCUT2D eigenvalue weighted by atomic mass is 35.5. The molecule has 9 heteroatoms. The zero-order valence-corrected chi connectivity index (χ0v) is 17.6. The van der Waals surface area contributed by atoms with Crippen LogP contribution >= 0.6 is 35.0 Å². The highest BCUT2D eigenvalue weighted by Gasteiger charge is 2.58. The summed E-state index contributed by atoms with van der Waals surface area (Å²) in [5.74, 6) is -1.30. The monoisotopic (exact) mass is 450 g/mol. The van der Waals surface area contributed by atoms with Crippen molar-refractivity contribution in [3.05, 3.63) is 52.5 Å². The number of fused-ring (bicyclic) bond motifs is 3. The molecular formula is C20H16Cl2N2O4S. The van der Waals surface area contributed by atoms with E-state index in [1.807, 2.05) is 18.2 Å². The number of esters is 1. The number of halogens is 2. The number of nitrogens with zero attached hydrogens (tertiary/aromatic N) is 1. The summed E-state index contributed by atoms with van der Waals surface area (Å²) in [4.78, 5) is 39.2. The first-order chi connectivity index (χ1) is 13.8. The predicted molar refractivity (Wildman–Crippen MR) is 112 cm³/mol. The van der Waals surface area contributed by atoms with Crippen molar-refractivity contribution >= 4 is 64.1 Å². The SMILES string of the molecule is C[C@H](OC(=O)[C@@]12CCC(=O)N1c1ccccc1S2)C(=O)Nc1cc(Cl)ccc1Cl. The highest BCUT2D eigenvalue weighted by Crippen LogP contribution is 2.56. The lowest BCUT2D eigenvalue weighted by Gasteiger charge is -2.29. The van der Waals surface area contributed by atoms with Gasteiger partial charge < -0.3 is 10.1 Å². The Labute approximate surface area is 181 Å². The second-order valence-electron chi connectivity index (χ2n) is 6.74. The largest absolute Gasteiger partial charge is 0.450 e. The molecule has 2 amide bonds. The predicted octanol–water partition coefficient (Wildman–Crippen LogP) is 4.49. The van der Waals surface area contributed by atoms with Gasteiger partial charge in [0.2, 0.25) is 5.91 Å². The number of para-hydroxylation sites is 1. The van der Waals surface area contributed by atoms with E-state index in [9.17, 15) is 14.4 Å². The van der Waals surface area contributed by atoms with Crippen molar-refractivity contribution in [1.82, 2.24) is 0 Å². The number of benzene rings is 2. The first-order valence-corrected chi connectivity index (χ1v) is 10.5. The number of ether oxygens (including phenoxy) is 1. The van der Waals surface area contributed by atoms with Gasteiger partial charge in [0.25, 0.3) is 5.91 Å². The molecule has 0 radical (unpaired) electrons. The minimum Gasteiger partial charge on any atom is -0.450 e. The lowest BCUT2D eigenvalue weighted by molar-refractivity contribution is -0.155. The Hall–Kier alpha value is -2.22. The molecule has 4 rings (SSSR count). The van der Waals surface area contributed by atoms with E-state index in [0.29, 0.717) is 27.8 Å². The Bertz CT molecular complexity index is 1030. The standard InChI is InChI=1S/C20H16Cl2N2O4S/c1-11(18(26)23-14-10-12(21)6-7-13(14)22)28-19(27)20-9-8-17(25)24(20)15-4-2-3-5-16(15)29-20/h2-7,10-11H,8-9H2,1H3,(H,23,26)/t11-,20-/m0/s1. The number of rotatable bonds is 4. The van der Waals surface area contributed by atoms with E-state index < -0.39 is 22.9 Å². The first-order valence-electron chi connectivity index (χ1n) is 8.90. The minimum atomic E-state index is -1.18. The Morgan fingerprint density at radius 3 is 2.79 bits per heavy atom. The second-order valence-corrected chi connectivity index (χ2v) is 8.91. The third-order valence-corrected chi connectivity index (χ3v) is 6.85. The molecule has 0 aliphatic carbocycles. The second kappa shape index (κ2) is 7.55. The van der Waals surface area contributed by atoms with Crippen molar-refractivity contribution in [2.45, 2.75) is 35.6 Å². The van der Waals surface area contributed by atoms with Gasteiger partial charge in [0, 0.05) is 22.8 Å². The van der Waals surface area contributed by atoms with Crippen molar-refractivity contribution in [3.63, 3.8) is 0 Å². The fourth-order valence-corrected chi connectivity index (χ4v) is 5.14. The zero-order valence-electron chi connectivity index (χ0n) is 15.3. The van der Waals surface area contributed by atoms with Gasteiger partial charge in [-0.05, 0) is 37.3 Å². The van der Waals surface area contributed by atoms with E-state index in [1.165, 1.54) is 29.7 Å². The Kier molecular flexibility index (Phi) is 5.23. The molecule has 2 heterocycles. The molecule has 150 valence electrons. The third-order valence-electron chi connectivity index (χ3n) is 4.83. The van der Waals surface area contributed by atoms with Crippen LogP contribution in [0, 0.1) is 0 Å². The maximum absolute atomic E-state index is 13.1. The first kappa shape index (κ1) is 20.1. The smallest absolute Gasteiger partial charge is 0.344 e. The quantitative estimate of drug-likeness (QED) is 0.694. The normalized spacial score (nSPS) is 20.8. The Morgan fingerprint density at radius 2 is 2.00 bits per heavy atom. The molecule has 2 aromatic carbocycles. The molecule has 2 aliphatic heterocycles. The summed E-state index contributed by atoms with van der Waals surface area (Å²) in [5, 5.41) is 3.33. The highest BCUT2D eigenvalue weighted by molar-refractivity contribution is 8.02. The number of anilines is 2. The zero-order chi connectivity index (χ0) is 20.8. The molecule has 0 unspecified atom stereocenters. The van der Waals surface area contributed by atoms with Crippen molar-refractivity contribution in [1.29, 1.82) is 0 Å². The lowest BCUT2D eigenvalue weighted by Crippen LogP contribution is -2.49. The number of hydrogen-bond acceptors (Lipinski definition) is 5. The Balaban J connectivity index is 1.51. The van der Waals surface area contributed by atoms with Crippen molar-refractivity contribution in [2.24, 2.45) is 0 Å². The van der Waals surface area contributed by atoms with Crippen LogP contribution in [0.3, 0.4) is 0 Å². The molecular weight excluding hydrogens is 435 g/mol. The van der Waals surface area contributed by atoms with Crippen LogP contribution in [-0.4, -0.2) is 28.8 Å². The maximum atomic E-state index is 13.1. The number of thioether (sulfide) groups is 1. The molecule has 0 saturated carbocycles. The van der Waals surface area contributed by atoms with Gasteiger partial charge in [-0.25, -0.2) is 4.79 Å². The molecule has 1 N–H and O–H groups in total. The molecule has 0 spiro atoms. The number of amides is 2. The molecule has 29 heavy (non-hydrogen) atoms. The average Bonchev–Trinajstić information content (AvgIpc) is 3.20. The van der Waals surface area contributed by atoms with Gasteiger partial charge in [0.15, 0.2) is 11.0 Å². The van der Waals surface area contributed by atoms with E-state index in [0.717, 1.165) is 4.90 Å². The summed E-state index contributed by atoms with van der Waals surface area (Å²) in [6, 6.07) is 12.0. The lowest BCUT2D eigenvalue weighted by atomic mass is 10.2. The van der Waals surface area contributed by atoms with Crippen LogP contribution in [0.15, 0.2) is 47.4 Å². The van der Waals surface area contributed by atoms with Gasteiger partial charge >= 0.3 is 5.97 Å². The topological polar surface area (TPSA) is 75.7 Å². The van der Waals surface area contributed by atoms with Crippen LogP contribution in [0.25, 0.3) is 0 Å². The van der Waals surface area contributed by atoms with Crippen LogP contribution in [0.4, 0.5) is 11.4 Å². The van der Waals surface area contributed by atoms with Crippen LogP contribution in [0.1, 0.15) is 19.8 Å². The van der Waals surface area contributed by atoms with Crippen molar-refractivity contribution in [2.75, 3.05) is 10.2 Å². The van der Waals surface area contributed by atoms with E-state index in [4.69, 9.17) is 27.9 Å². The molecule has 0 bridgehead atoms. The van der Waals surface area contributed by atoms with Gasteiger partial charge in [0.05, 0.1) is 16.4 Å². The third kappa shape index (κ3) is 3.47. The minimum absolute atomic E-state index is 0.137. The summed E-state index contributed by atoms with van der Waals surface area (Å²) < 4.78 is 5.48. The summed E-state index contributed by atoms with van der Waals surface area (Å²) in [6.07, 6.45) is -0.526. The summed E-state index contributed by atoms with van der Waals surface area (Å²) in [6.45, 7) is 1.47. The molecule has 0 aromatic heterocycles. The fraction of sp³-hybridized carbons (Fsp3) is 0.250. The molecule has 1 saturated heterocycles. The molecule has 2 atom stereocenters. The fourth-order valence-electron chi connectivity index (χ4n) is 3.41. The average molecular weight is 451 g/mol. The van der Waals surface area contributed by atoms with Crippen LogP contribution in [0.5, 0.6) is 0 Å². The van der Waals surface area contributed by atoms with E-state index >= 15 is 0 Å². The van der Waals surface area contributed by atoms with Gasteiger partial charge in [-0.2, -0.15) is 0 Å². The molecule has 2 aromatic rings.